The highest BCUT2D eigenvalue weighted by atomic mass is 16.3. The van der Waals surface area contributed by atoms with E-state index in [9.17, 15) is 14.7 Å². The van der Waals surface area contributed by atoms with E-state index in [0.29, 0.717) is 32.5 Å². The lowest BCUT2D eigenvalue weighted by atomic mass is 9.95. The third kappa shape index (κ3) is 4.07. The number of benzene rings is 1. The Labute approximate surface area is 131 Å². The lowest BCUT2D eigenvalue weighted by Crippen LogP contribution is -2.35. The zero-order valence-electron chi connectivity index (χ0n) is 13.0. The van der Waals surface area contributed by atoms with Crippen LogP contribution >= 0.6 is 0 Å². The molecule has 120 valence electrons. The predicted molar refractivity (Wildman–Crippen MR) is 84.3 cm³/mol. The largest absolute Gasteiger partial charge is 0.396 e. The fourth-order valence-electron chi connectivity index (χ4n) is 2.89. The van der Waals surface area contributed by atoms with Crippen molar-refractivity contribution in [3.8, 4) is 0 Å². The Morgan fingerprint density at radius 2 is 2.14 bits per heavy atom. The van der Waals surface area contributed by atoms with Crippen molar-refractivity contribution in [3.63, 3.8) is 0 Å². The van der Waals surface area contributed by atoms with Crippen LogP contribution in [0, 0.1) is 5.92 Å². The van der Waals surface area contributed by atoms with Crippen molar-refractivity contribution in [1.82, 2.24) is 10.2 Å². The van der Waals surface area contributed by atoms with E-state index in [1.165, 1.54) is 0 Å². The molecule has 0 aromatic heterocycles. The molecule has 1 aromatic carbocycles. The molecule has 1 saturated heterocycles. The topological polar surface area (TPSA) is 69.6 Å². The second kappa shape index (κ2) is 7.94. The van der Waals surface area contributed by atoms with Gasteiger partial charge in [-0.1, -0.05) is 30.3 Å². The van der Waals surface area contributed by atoms with Crippen LogP contribution in [0.1, 0.15) is 31.2 Å². The second-order valence-electron chi connectivity index (χ2n) is 5.70. The van der Waals surface area contributed by atoms with Crippen molar-refractivity contribution in [2.24, 2.45) is 5.92 Å². The van der Waals surface area contributed by atoms with E-state index in [4.69, 9.17) is 0 Å². The van der Waals surface area contributed by atoms with Gasteiger partial charge < -0.3 is 15.3 Å². The highest BCUT2D eigenvalue weighted by Crippen LogP contribution is 2.20. The van der Waals surface area contributed by atoms with E-state index >= 15 is 0 Å². The number of likely N-dealkylation sites (tertiary alicyclic amines) is 1. The van der Waals surface area contributed by atoms with Crippen LogP contribution in [-0.4, -0.2) is 48.1 Å². The van der Waals surface area contributed by atoms with Crippen LogP contribution in [0.2, 0.25) is 0 Å². The lowest BCUT2D eigenvalue weighted by molar-refractivity contribution is -0.128. The van der Waals surface area contributed by atoms with Gasteiger partial charge in [-0.2, -0.15) is 0 Å². The molecule has 0 radical (unpaired) electrons. The zero-order valence-corrected chi connectivity index (χ0v) is 13.0. The summed E-state index contributed by atoms with van der Waals surface area (Å²) >= 11 is 0. The number of nitrogens with one attached hydrogen (secondary N) is 1. The number of carbonyl (C=O) groups excluding carboxylic acids is 2. The van der Waals surface area contributed by atoms with Crippen LogP contribution in [0.5, 0.6) is 0 Å². The molecular formula is C17H24N2O3. The van der Waals surface area contributed by atoms with Crippen LogP contribution in [0.4, 0.5) is 0 Å². The van der Waals surface area contributed by atoms with Crippen LogP contribution < -0.4 is 5.32 Å². The number of carbonyl (C=O) groups is 2. The Morgan fingerprint density at radius 1 is 1.41 bits per heavy atom. The van der Waals surface area contributed by atoms with Gasteiger partial charge in [0.1, 0.15) is 0 Å². The number of rotatable bonds is 7. The van der Waals surface area contributed by atoms with Crippen LogP contribution in [0.25, 0.3) is 0 Å². The highest BCUT2D eigenvalue weighted by molar-refractivity contribution is 5.89. The minimum atomic E-state index is -0.252. The second-order valence-corrected chi connectivity index (χ2v) is 5.70. The molecule has 1 aromatic rings. The van der Waals surface area contributed by atoms with Crippen molar-refractivity contribution >= 4 is 11.8 Å². The molecule has 2 atom stereocenters. The first-order valence-electron chi connectivity index (χ1n) is 7.87. The van der Waals surface area contributed by atoms with E-state index in [0.717, 1.165) is 5.56 Å². The van der Waals surface area contributed by atoms with Gasteiger partial charge in [0.2, 0.25) is 11.8 Å². The fraction of sp³-hybridized carbons (Fsp3) is 0.529. The number of hydrogen-bond donors (Lipinski definition) is 2. The Balaban J connectivity index is 1.90. The van der Waals surface area contributed by atoms with Crippen molar-refractivity contribution < 1.29 is 14.7 Å². The van der Waals surface area contributed by atoms with Gasteiger partial charge in [-0.3, -0.25) is 9.59 Å². The van der Waals surface area contributed by atoms with Gasteiger partial charge in [-0.05, 0) is 18.9 Å². The molecule has 1 fully saturated rings. The maximum Gasteiger partial charge on any atom is 0.225 e. The maximum atomic E-state index is 12.2. The van der Waals surface area contributed by atoms with Crippen molar-refractivity contribution in [1.29, 1.82) is 0 Å². The van der Waals surface area contributed by atoms with Crippen molar-refractivity contribution in [2.75, 3.05) is 26.2 Å². The van der Waals surface area contributed by atoms with Gasteiger partial charge in [0.15, 0.2) is 0 Å². The molecule has 1 aliphatic heterocycles. The first-order chi connectivity index (χ1) is 10.7. The normalized spacial score (nSPS) is 19.3. The molecule has 22 heavy (non-hydrogen) atoms. The molecule has 0 saturated carbocycles. The Hall–Kier alpha value is -1.88. The van der Waals surface area contributed by atoms with Gasteiger partial charge in [-0.25, -0.2) is 0 Å². The summed E-state index contributed by atoms with van der Waals surface area (Å²) in [6.07, 6.45) is 0.907. The van der Waals surface area contributed by atoms with Crippen molar-refractivity contribution in [2.45, 2.75) is 25.7 Å². The van der Waals surface area contributed by atoms with E-state index in [1.807, 2.05) is 37.3 Å². The minimum Gasteiger partial charge on any atom is -0.396 e. The minimum absolute atomic E-state index is 0.0533. The van der Waals surface area contributed by atoms with E-state index < -0.39 is 0 Å². The monoisotopic (exact) mass is 304 g/mol. The molecule has 0 spiro atoms. The first kappa shape index (κ1) is 16.5. The zero-order chi connectivity index (χ0) is 15.9. The molecule has 1 aliphatic rings. The number of hydrogen-bond acceptors (Lipinski definition) is 3. The summed E-state index contributed by atoms with van der Waals surface area (Å²) in [6.45, 7) is 3.66. The fourth-order valence-corrected chi connectivity index (χ4v) is 2.89. The number of aliphatic hydroxyl groups is 1. The Morgan fingerprint density at radius 3 is 2.73 bits per heavy atom. The Kier molecular flexibility index (Phi) is 5.95. The van der Waals surface area contributed by atoms with Crippen LogP contribution in [-0.2, 0) is 9.59 Å². The summed E-state index contributed by atoms with van der Waals surface area (Å²) in [5.41, 5.74) is 1.11. The molecule has 2 amide bonds. The summed E-state index contributed by atoms with van der Waals surface area (Å²) in [5, 5.41) is 12.2. The molecule has 1 heterocycles. The lowest BCUT2D eigenvalue weighted by Gasteiger charge is -2.19. The van der Waals surface area contributed by atoms with Gasteiger partial charge in [0.05, 0.1) is 5.92 Å². The standard InChI is InChI=1S/C17H24N2O3/c1-2-19-12-15(10-16(19)21)17(22)18-11-14(8-9-20)13-6-4-3-5-7-13/h3-7,14-15,20H,2,8-12H2,1H3,(H,18,22). The molecule has 0 bridgehead atoms. The molecule has 2 rings (SSSR count). The molecule has 5 heteroatoms. The molecule has 0 aliphatic carbocycles. The highest BCUT2D eigenvalue weighted by Gasteiger charge is 2.33. The summed E-state index contributed by atoms with van der Waals surface area (Å²) in [4.78, 5) is 25.6. The molecule has 2 unspecified atom stereocenters. The summed E-state index contributed by atoms with van der Waals surface area (Å²) in [5.74, 6) is -0.173. The van der Waals surface area contributed by atoms with Crippen LogP contribution in [0.3, 0.4) is 0 Å². The van der Waals surface area contributed by atoms with Gasteiger partial charge in [0.25, 0.3) is 0 Å². The average Bonchev–Trinajstić information content (AvgIpc) is 2.93. The van der Waals surface area contributed by atoms with E-state index in [-0.39, 0.29) is 30.3 Å². The number of aliphatic hydroxyl groups excluding tert-OH is 1. The smallest absolute Gasteiger partial charge is 0.225 e. The maximum absolute atomic E-state index is 12.2. The molecule has 5 nitrogen and oxygen atoms in total. The third-order valence-electron chi connectivity index (χ3n) is 4.24. The summed E-state index contributed by atoms with van der Waals surface area (Å²) in [6, 6.07) is 9.86. The average molecular weight is 304 g/mol. The van der Waals surface area contributed by atoms with Gasteiger partial charge in [0, 0.05) is 38.6 Å². The summed E-state index contributed by atoms with van der Waals surface area (Å²) < 4.78 is 0. The van der Waals surface area contributed by atoms with E-state index in [2.05, 4.69) is 5.32 Å². The predicted octanol–water partition coefficient (Wildman–Crippen LogP) is 1.14. The molecular weight excluding hydrogens is 280 g/mol. The quantitative estimate of drug-likeness (QED) is 0.793. The first-order valence-corrected chi connectivity index (χ1v) is 7.87. The van der Waals surface area contributed by atoms with Gasteiger partial charge in [-0.15, -0.1) is 0 Å². The van der Waals surface area contributed by atoms with Crippen molar-refractivity contribution in [3.05, 3.63) is 35.9 Å². The Bertz CT molecular complexity index is 504. The SMILES string of the molecule is CCN1CC(C(=O)NCC(CCO)c2ccccc2)CC1=O. The number of amides is 2. The molecule has 2 N–H and O–H groups in total. The van der Waals surface area contributed by atoms with E-state index in [1.54, 1.807) is 4.90 Å². The van der Waals surface area contributed by atoms with Crippen LogP contribution in [0.15, 0.2) is 30.3 Å². The number of nitrogens with zero attached hydrogens (tertiary/aromatic N) is 1. The van der Waals surface area contributed by atoms with Gasteiger partial charge >= 0.3 is 0 Å². The summed E-state index contributed by atoms with van der Waals surface area (Å²) in [7, 11) is 0. The third-order valence-corrected chi connectivity index (χ3v) is 4.24.